The van der Waals surface area contributed by atoms with Crippen molar-refractivity contribution in [1.29, 1.82) is 0 Å². The molecule has 1 aliphatic carbocycles. The van der Waals surface area contributed by atoms with Gasteiger partial charge in [0.1, 0.15) is 0 Å². The van der Waals surface area contributed by atoms with Crippen LogP contribution in [0.1, 0.15) is 36.1 Å². The first-order valence-electron chi connectivity index (χ1n) is 16.7. The second kappa shape index (κ2) is 11.0. The van der Waals surface area contributed by atoms with Crippen LogP contribution in [-0.2, 0) is 5.41 Å². The minimum atomic E-state index is -0.192. The summed E-state index contributed by atoms with van der Waals surface area (Å²) in [7, 11) is 0. The number of nitrogens with zero attached hydrogens (tertiary/aromatic N) is 4. The van der Waals surface area contributed by atoms with Gasteiger partial charge in [0.25, 0.3) is 0 Å². The summed E-state index contributed by atoms with van der Waals surface area (Å²) in [6.07, 6.45) is 9.76. The van der Waals surface area contributed by atoms with Crippen LogP contribution in [-0.4, -0.2) is 19.5 Å². The molecule has 0 fully saturated rings. The summed E-state index contributed by atoms with van der Waals surface area (Å²) in [6, 6.07) is 38.6. The molecule has 0 spiro atoms. The van der Waals surface area contributed by atoms with Crippen LogP contribution in [0.4, 0.5) is 0 Å². The number of pyridine rings is 3. The Morgan fingerprint density at radius 2 is 1.29 bits per heavy atom. The highest BCUT2D eigenvalue weighted by Gasteiger charge is 2.40. The number of benzene rings is 4. The monoisotopic (exact) mass is 630 g/mol. The van der Waals surface area contributed by atoms with E-state index >= 15 is 0 Å². The summed E-state index contributed by atoms with van der Waals surface area (Å²) < 4.78 is 2.39. The maximum atomic E-state index is 5.07. The molecule has 4 aromatic heterocycles. The van der Waals surface area contributed by atoms with Gasteiger partial charge in [-0.1, -0.05) is 99.3 Å². The molecule has 0 radical (unpaired) electrons. The summed E-state index contributed by atoms with van der Waals surface area (Å²) in [5.41, 5.74) is 14.3. The fourth-order valence-electron chi connectivity index (χ4n) is 8.13. The minimum absolute atomic E-state index is 0.192. The molecule has 0 amide bonds. The normalized spacial score (nSPS) is 13.4. The van der Waals surface area contributed by atoms with E-state index in [0.717, 1.165) is 39.5 Å². The maximum absolute atomic E-state index is 5.07. The van der Waals surface area contributed by atoms with Crippen molar-refractivity contribution < 1.29 is 0 Å². The fraction of sp³-hybridized carbons (Fsp3) is 0.0889. The molecule has 8 aromatic rings. The maximum Gasteiger partial charge on any atom is 0.0915 e. The second-order valence-corrected chi connectivity index (χ2v) is 13.3. The quantitative estimate of drug-likeness (QED) is 0.178. The summed E-state index contributed by atoms with van der Waals surface area (Å²) in [6.45, 7) is 11.0. The number of para-hydroxylation sites is 1. The Morgan fingerprint density at radius 3 is 1.94 bits per heavy atom. The first-order valence-corrected chi connectivity index (χ1v) is 16.7. The Labute approximate surface area is 285 Å². The van der Waals surface area contributed by atoms with Gasteiger partial charge in [-0.2, -0.15) is 0 Å². The lowest BCUT2D eigenvalue weighted by Crippen LogP contribution is -2.16. The van der Waals surface area contributed by atoms with Gasteiger partial charge in [-0.25, -0.2) is 4.98 Å². The van der Waals surface area contributed by atoms with Crippen LogP contribution < -0.4 is 0 Å². The zero-order valence-electron chi connectivity index (χ0n) is 27.8. The molecule has 4 nitrogen and oxygen atoms in total. The molecule has 234 valence electrons. The summed E-state index contributed by atoms with van der Waals surface area (Å²) >= 11 is 0. The van der Waals surface area contributed by atoms with Gasteiger partial charge in [-0.15, -0.1) is 0 Å². The highest BCUT2D eigenvalue weighted by Crippen LogP contribution is 2.57. The highest BCUT2D eigenvalue weighted by molar-refractivity contribution is 6.20. The molecule has 0 bridgehead atoms. The van der Waals surface area contributed by atoms with Gasteiger partial charge < -0.3 is 4.57 Å². The van der Waals surface area contributed by atoms with E-state index in [1.54, 1.807) is 0 Å². The summed E-state index contributed by atoms with van der Waals surface area (Å²) in [4.78, 5) is 14.4. The van der Waals surface area contributed by atoms with E-state index in [4.69, 9.17) is 4.98 Å². The van der Waals surface area contributed by atoms with E-state index in [1.807, 2.05) is 54.9 Å². The highest BCUT2D eigenvalue weighted by atomic mass is 15.0. The lowest BCUT2D eigenvalue weighted by Gasteiger charge is -2.24. The van der Waals surface area contributed by atoms with E-state index in [0.29, 0.717) is 0 Å². The molecule has 4 heterocycles. The van der Waals surface area contributed by atoms with E-state index in [-0.39, 0.29) is 5.41 Å². The van der Waals surface area contributed by atoms with E-state index in [9.17, 15) is 0 Å². The van der Waals surface area contributed by atoms with Gasteiger partial charge in [-0.05, 0) is 99.6 Å². The van der Waals surface area contributed by atoms with Crippen LogP contribution in [0.2, 0.25) is 0 Å². The van der Waals surface area contributed by atoms with Crippen molar-refractivity contribution in [3.63, 3.8) is 0 Å². The van der Waals surface area contributed by atoms with Crippen LogP contribution in [0.15, 0.2) is 140 Å². The van der Waals surface area contributed by atoms with Crippen LogP contribution >= 0.6 is 0 Å². The molecule has 49 heavy (non-hydrogen) atoms. The van der Waals surface area contributed by atoms with Crippen molar-refractivity contribution >= 4 is 38.7 Å². The molecule has 4 heteroatoms. The Hall–Kier alpha value is -6.13. The zero-order valence-corrected chi connectivity index (χ0v) is 27.8. The number of hydrogen-bond donors (Lipinski definition) is 0. The van der Waals surface area contributed by atoms with Crippen molar-refractivity contribution in [3.8, 4) is 39.6 Å². The van der Waals surface area contributed by atoms with E-state index < -0.39 is 0 Å². The lowest BCUT2D eigenvalue weighted by molar-refractivity contribution is 0.666. The molecule has 4 aromatic carbocycles. The Morgan fingerprint density at radius 1 is 0.653 bits per heavy atom. The molecule has 1 aliphatic rings. The minimum Gasteiger partial charge on any atom is -0.309 e. The molecule has 0 saturated carbocycles. The SMILES string of the molecule is C=C/C=C\c1c(C)c2c(c3ccccc13)C(C)(C)c1ccc3c(c1-2)c1ccccc1n3-c1cc(-c2ccccn2)nc(-c2ccccn2)c1. The molecular formula is C45H34N4. The molecule has 0 saturated heterocycles. The van der Waals surface area contributed by atoms with Crippen LogP contribution in [0.5, 0.6) is 0 Å². The van der Waals surface area contributed by atoms with Crippen LogP contribution in [0.3, 0.4) is 0 Å². The predicted octanol–water partition coefficient (Wildman–Crippen LogP) is 11.3. The van der Waals surface area contributed by atoms with Crippen LogP contribution in [0, 0.1) is 6.92 Å². The number of fused-ring (bicyclic) bond motifs is 9. The smallest absolute Gasteiger partial charge is 0.0915 e. The third kappa shape index (κ3) is 4.27. The molecule has 0 N–H and O–H groups in total. The van der Waals surface area contributed by atoms with Gasteiger partial charge in [0.15, 0.2) is 0 Å². The van der Waals surface area contributed by atoms with Gasteiger partial charge in [-0.3, -0.25) is 9.97 Å². The summed E-state index contributed by atoms with van der Waals surface area (Å²) in [5.74, 6) is 0. The molecule has 0 atom stereocenters. The Kier molecular flexibility index (Phi) is 6.50. The Balaban J connectivity index is 1.41. The average Bonchev–Trinajstić information content (AvgIpc) is 3.61. The van der Waals surface area contributed by atoms with Crippen molar-refractivity contribution in [2.45, 2.75) is 26.2 Å². The molecule has 9 rings (SSSR count). The van der Waals surface area contributed by atoms with Crippen molar-refractivity contribution in [2.24, 2.45) is 0 Å². The standard InChI is InChI=1S/C45H34N4/c1-5-6-15-30-28(2)41-43-34(45(3,4)44(41)32-17-8-7-16-31(30)32)22-23-40-42(43)33-18-9-10-21-39(33)49(40)29-26-37(35-19-11-13-24-46-35)48-38(27-29)36-20-12-14-25-47-36/h5-27H,1H2,2-4H3/b15-6-. The van der Waals surface area contributed by atoms with Crippen molar-refractivity contribution in [2.75, 3.05) is 0 Å². The number of rotatable bonds is 5. The molecule has 0 aliphatic heterocycles. The summed E-state index contributed by atoms with van der Waals surface area (Å²) in [5, 5.41) is 5.08. The van der Waals surface area contributed by atoms with Gasteiger partial charge in [0.2, 0.25) is 0 Å². The zero-order chi connectivity index (χ0) is 33.3. The lowest BCUT2D eigenvalue weighted by atomic mass is 9.78. The third-order valence-corrected chi connectivity index (χ3v) is 10.2. The number of hydrogen-bond acceptors (Lipinski definition) is 3. The van der Waals surface area contributed by atoms with Crippen molar-refractivity contribution in [1.82, 2.24) is 19.5 Å². The first kappa shape index (κ1) is 29.0. The van der Waals surface area contributed by atoms with Gasteiger partial charge >= 0.3 is 0 Å². The topological polar surface area (TPSA) is 43.6 Å². The second-order valence-electron chi connectivity index (χ2n) is 13.3. The largest absolute Gasteiger partial charge is 0.309 e. The predicted molar refractivity (Wildman–Crippen MR) is 204 cm³/mol. The number of allylic oxidation sites excluding steroid dienone is 2. The third-order valence-electron chi connectivity index (χ3n) is 10.2. The van der Waals surface area contributed by atoms with Crippen LogP contribution in [0.25, 0.3) is 78.2 Å². The van der Waals surface area contributed by atoms with Crippen molar-refractivity contribution in [3.05, 3.63) is 163 Å². The molecule has 0 unspecified atom stereocenters. The van der Waals surface area contributed by atoms with E-state index in [1.165, 1.54) is 54.9 Å². The van der Waals surface area contributed by atoms with Gasteiger partial charge in [0, 0.05) is 28.6 Å². The van der Waals surface area contributed by atoms with E-state index in [2.05, 4.69) is 127 Å². The fourth-order valence-corrected chi connectivity index (χ4v) is 8.13. The Bertz CT molecular complexity index is 2590. The number of aromatic nitrogens is 4. The molecular weight excluding hydrogens is 597 g/mol. The first-order chi connectivity index (χ1) is 24.0. The average molecular weight is 631 g/mol. The van der Waals surface area contributed by atoms with Gasteiger partial charge in [0.05, 0.1) is 39.5 Å².